The second-order valence-corrected chi connectivity index (χ2v) is 8.17. The Bertz CT molecular complexity index is 1090. The summed E-state index contributed by atoms with van der Waals surface area (Å²) in [7, 11) is 0. The molecule has 2 aromatic heterocycles. The Morgan fingerprint density at radius 3 is 2.54 bits per heavy atom. The first-order chi connectivity index (χ1) is 16.9. The molecule has 3 N–H and O–H groups in total. The van der Waals surface area contributed by atoms with Gasteiger partial charge in [0.15, 0.2) is 17.2 Å². The molecule has 0 radical (unpaired) electrons. The Hall–Kier alpha value is -3.90. The van der Waals surface area contributed by atoms with E-state index in [1.807, 2.05) is 12.1 Å². The first-order valence-corrected chi connectivity index (χ1v) is 11.8. The van der Waals surface area contributed by atoms with E-state index in [1.54, 1.807) is 18.4 Å². The number of hydrogen-bond donors (Lipinski definition) is 3. The zero-order valence-electron chi connectivity index (χ0n) is 20.5. The fourth-order valence-corrected chi connectivity index (χ4v) is 3.12. The molecule has 0 spiro atoms. The number of rotatable bonds is 14. The maximum absolute atomic E-state index is 12.3. The van der Waals surface area contributed by atoms with E-state index in [2.05, 4.69) is 42.7 Å². The van der Waals surface area contributed by atoms with Crippen LogP contribution >= 0.6 is 0 Å². The first kappa shape index (κ1) is 27.3. The number of amides is 1. The van der Waals surface area contributed by atoms with Crippen molar-refractivity contribution in [1.82, 2.24) is 19.5 Å². The fraction of sp³-hybridized carbons (Fsp3) is 0.565. The van der Waals surface area contributed by atoms with Gasteiger partial charge in [-0.3, -0.25) is 9.36 Å². The summed E-state index contributed by atoms with van der Waals surface area (Å²) >= 11 is 0. The van der Waals surface area contributed by atoms with Crippen LogP contribution in [0.5, 0.6) is 0 Å². The monoisotopic (exact) mass is 480 g/mol. The summed E-state index contributed by atoms with van der Waals surface area (Å²) in [6.45, 7) is 6.26. The number of aliphatic hydroxyl groups excluding tert-OH is 1. The largest absolute Gasteiger partial charge is 0.395 e. The number of aliphatic hydroxyl groups is 1. The van der Waals surface area contributed by atoms with Gasteiger partial charge in [-0.25, -0.2) is 4.98 Å². The third-order valence-electron chi connectivity index (χ3n) is 5.07. The summed E-state index contributed by atoms with van der Waals surface area (Å²) in [4.78, 5) is 24.8. The number of unbranched alkanes of at least 4 members (excludes halogenated alkanes) is 5. The highest BCUT2D eigenvalue weighted by molar-refractivity contribution is 5.93. The van der Waals surface area contributed by atoms with Crippen molar-refractivity contribution in [2.24, 2.45) is 16.1 Å². The summed E-state index contributed by atoms with van der Waals surface area (Å²) in [5, 5.41) is 41.8. The molecule has 2 aromatic rings. The van der Waals surface area contributed by atoms with Gasteiger partial charge in [0.25, 0.3) is 5.95 Å². The first-order valence-electron chi connectivity index (χ1n) is 11.8. The predicted octanol–water partition coefficient (Wildman–Crippen LogP) is 4.19. The molecule has 0 fully saturated rings. The molecule has 35 heavy (non-hydrogen) atoms. The molecule has 0 aliphatic carbocycles. The summed E-state index contributed by atoms with van der Waals surface area (Å²) in [6.07, 6.45) is 7.80. The average molecular weight is 481 g/mol. The van der Waals surface area contributed by atoms with E-state index in [1.165, 1.54) is 12.6 Å². The SMILES string of the molecule is CCCCCCCCn1c(N=Nc2cnc(NCCO)nc2NC(=O)C(C)C)nc(C#N)c1C#N. The molecule has 0 saturated carbocycles. The summed E-state index contributed by atoms with van der Waals surface area (Å²) < 4.78 is 1.59. The second-order valence-electron chi connectivity index (χ2n) is 8.17. The maximum Gasteiger partial charge on any atom is 0.251 e. The molecule has 1 amide bonds. The van der Waals surface area contributed by atoms with E-state index in [0.29, 0.717) is 6.54 Å². The normalized spacial score (nSPS) is 10.9. The molecule has 12 heteroatoms. The fourth-order valence-electron chi connectivity index (χ4n) is 3.12. The van der Waals surface area contributed by atoms with E-state index in [0.717, 1.165) is 32.1 Å². The Kier molecular flexibility index (Phi) is 11.2. The minimum Gasteiger partial charge on any atom is -0.395 e. The van der Waals surface area contributed by atoms with Crippen LogP contribution < -0.4 is 10.6 Å². The van der Waals surface area contributed by atoms with Gasteiger partial charge in [-0.2, -0.15) is 20.5 Å². The molecule has 0 bridgehead atoms. The average Bonchev–Trinajstić information content (AvgIpc) is 3.20. The molecule has 0 atom stereocenters. The Balaban J connectivity index is 2.32. The lowest BCUT2D eigenvalue weighted by atomic mass is 10.1. The van der Waals surface area contributed by atoms with Gasteiger partial charge in [0, 0.05) is 19.0 Å². The molecular weight excluding hydrogens is 448 g/mol. The van der Waals surface area contributed by atoms with Crippen LogP contribution in [0.25, 0.3) is 0 Å². The predicted molar refractivity (Wildman–Crippen MR) is 130 cm³/mol. The Morgan fingerprint density at radius 1 is 1.14 bits per heavy atom. The molecule has 2 heterocycles. The summed E-state index contributed by atoms with van der Waals surface area (Å²) in [6, 6.07) is 3.97. The van der Waals surface area contributed by atoms with Crippen LogP contribution in [0.4, 0.5) is 23.4 Å². The van der Waals surface area contributed by atoms with E-state index in [-0.39, 0.29) is 59.8 Å². The third-order valence-corrected chi connectivity index (χ3v) is 5.07. The van der Waals surface area contributed by atoms with Crippen LogP contribution in [0.2, 0.25) is 0 Å². The number of anilines is 2. The molecule has 12 nitrogen and oxygen atoms in total. The van der Waals surface area contributed by atoms with E-state index in [9.17, 15) is 15.3 Å². The van der Waals surface area contributed by atoms with E-state index < -0.39 is 0 Å². The summed E-state index contributed by atoms with van der Waals surface area (Å²) in [5.41, 5.74) is 0.309. The van der Waals surface area contributed by atoms with Crippen LogP contribution in [0.1, 0.15) is 70.7 Å². The van der Waals surface area contributed by atoms with Crippen molar-refractivity contribution < 1.29 is 9.90 Å². The number of hydrogen-bond acceptors (Lipinski definition) is 10. The minimum atomic E-state index is -0.295. The van der Waals surface area contributed by atoms with Gasteiger partial charge in [-0.05, 0) is 6.42 Å². The molecule has 186 valence electrons. The van der Waals surface area contributed by atoms with Gasteiger partial charge >= 0.3 is 0 Å². The van der Waals surface area contributed by atoms with E-state index in [4.69, 9.17) is 5.11 Å². The topological polar surface area (TPSA) is 177 Å². The molecule has 0 aromatic carbocycles. The Labute approximate surface area is 205 Å². The van der Waals surface area contributed by atoms with Crippen LogP contribution in [-0.2, 0) is 11.3 Å². The number of aromatic nitrogens is 4. The molecule has 0 aliphatic heterocycles. The lowest BCUT2D eigenvalue weighted by Crippen LogP contribution is -2.19. The van der Waals surface area contributed by atoms with Gasteiger partial charge in [0.2, 0.25) is 11.9 Å². The standard InChI is InChI=1S/C23H32N10O2/c1-4-5-6-7-8-9-11-33-19(14-25)17(13-24)28-23(33)32-31-18-15-27-22(26-10-12-34)30-20(18)29-21(35)16(2)3/h15-16,34H,4-12H2,1-3H3,(H2,26,27,29,30,35). The number of imidazole rings is 1. The van der Waals surface area contributed by atoms with Gasteiger partial charge in [-0.15, -0.1) is 10.2 Å². The van der Waals surface area contributed by atoms with Crippen molar-refractivity contribution in [3.8, 4) is 12.1 Å². The zero-order chi connectivity index (χ0) is 25.6. The van der Waals surface area contributed by atoms with Crippen molar-refractivity contribution in [2.45, 2.75) is 65.8 Å². The summed E-state index contributed by atoms with van der Waals surface area (Å²) in [5.74, 6) is -0.0964. The maximum atomic E-state index is 12.3. The number of nitriles is 2. The quantitative estimate of drug-likeness (QED) is 0.266. The number of azo groups is 1. The highest BCUT2D eigenvalue weighted by Gasteiger charge is 2.18. The van der Waals surface area contributed by atoms with Crippen molar-refractivity contribution in [3.05, 3.63) is 17.6 Å². The van der Waals surface area contributed by atoms with Crippen LogP contribution in [0.3, 0.4) is 0 Å². The molecule has 0 unspecified atom stereocenters. The minimum absolute atomic E-state index is 0.0134. The highest BCUT2D eigenvalue weighted by atomic mass is 16.3. The van der Waals surface area contributed by atoms with Crippen molar-refractivity contribution in [1.29, 1.82) is 10.5 Å². The van der Waals surface area contributed by atoms with Crippen molar-refractivity contribution in [3.63, 3.8) is 0 Å². The molecule has 0 saturated heterocycles. The van der Waals surface area contributed by atoms with Gasteiger partial charge < -0.3 is 15.7 Å². The number of nitrogens with one attached hydrogen (secondary N) is 2. The molecular formula is C23H32N10O2. The lowest BCUT2D eigenvalue weighted by molar-refractivity contribution is -0.118. The number of carbonyl (C=O) groups excluding carboxylic acids is 1. The van der Waals surface area contributed by atoms with E-state index >= 15 is 0 Å². The molecule has 0 aliphatic rings. The van der Waals surface area contributed by atoms with Crippen LogP contribution in [0.15, 0.2) is 16.4 Å². The highest BCUT2D eigenvalue weighted by Crippen LogP contribution is 2.27. The van der Waals surface area contributed by atoms with Crippen molar-refractivity contribution in [2.75, 3.05) is 23.8 Å². The molecule has 2 rings (SSSR count). The van der Waals surface area contributed by atoms with Gasteiger partial charge in [-0.1, -0.05) is 52.9 Å². The number of carbonyl (C=O) groups is 1. The Morgan fingerprint density at radius 2 is 1.89 bits per heavy atom. The number of nitrogens with zero attached hydrogens (tertiary/aromatic N) is 8. The van der Waals surface area contributed by atoms with Crippen molar-refractivity contribution >= 4 is 29.3 Å². The van der Waals surface area contributed by atoms with Gasteiger partial charge in [0.05, 0.1) is 12.8 Å². The van der Waals surface area contributed by atoms with Crippen LogP contribution in [0, 0.1) is 28.6 Å². The van der Waals surface area contributed by atoms with Crippen LogP contribution in [-0.4, -0.2) is 43.7 Å². The van der Waals surface area contributed by atoms with Gasteiger partial charge in [0.1, 0.15) is 17.8 Å². The smallest absolute Gasteiger partial charge is 0.251 e. The second kappa shape index (κ2) is 14.4. The zero-order valence-corrected chi connectivity index (χ0v) is 20.5. The lowest BCUT2D eigenvalue weighted by Gasteiger charge is -2.10. The third kappa shape index (κ3) is 8.12.